The molecule has 2 N–H and O–H groups in total. The molecule has 6 heteroatoms. The SMILES string of the molecule is C[NH+](C)[C@@H](CNC(=O)CCN1C(=O)c2ccccc2C1=O)c1ccccc1. The van der Waals surface area contributed by atoms with Crippen LogP contribution in [0.1, 0.15) is 38.7 Å². The van der Waals surface area contributed by atoms with E-state index in [-0.39, 0.29) is 36.7 Å². The molecule has 3 amide bonds. The molecule has 140 valence electrons. The minimum atomic E-state index is -0.330. The Kier molecular flexibility index (Phi) is 5.66. The number of nitrogens with zero attached hydrogens (tertiary/aromatic N) is 1. The standard InChI is InChI=1S/C21H23N3O3/c1-23(2)18(15-8-4-3-5-9-15)14-22-19(25)12-13-24-20(26)16-10-6-7-11-17(16)21(24)27/h3-11,18H,12-14H2,1-2H3,(H,22,25)/p+1/t18-/m0/s1. The predicted molar refractivity (Wildman–Crippen MR) is 101 cm³/mol. The van der Waals surface area contributed by atoms with E-state index in [1.54, 1.807) is 24.3 Å². The van der Waals surface area contributed by atoms with Gasteiger partial charge in [0, 0.05) is 18.5 Å². The summed E-state index contributed by atoms with van der Waals surface area (Å²) in [6, 6.07) is 16.9. The third-order valence-corrected chi connectivity index (χ3v) is 4.84. The summed E-state index contributed by atoms with van der Waals surface area (Å²) < 4.78 is 0. The van der Waals surface area contributed by atoms with E-state index in [9.17, 15) is 14.4 Å². The zero-order chi connectivity index (χ0) is 19.4. The van der Waals surface area contributed by atoms with Crippen molar-refractivity contribution in [3.63, 3.8) is 0 Å². The van der Waals surface area contributed by atoms with E-state index in [0.717, 1.165) is 10.5 Å². The lowest BCUT2D eigenvalue weighted by Crippen LogP contribution is -3.07. The summed E-state index contributed by atoms with van der Waals surface area (Å²) >= 11 is 0. The fourth-order valence-corrected chi connectivity index (χ4v) is 3.30. The number of carbonyl (C=O) groups excluding carboxylic acids is 3. The molecule has 1 heterocycles. The number of fused-ring (bicyclic) bond motifs is 1. The molecule has 0 spiro atoms. The maximum Gasteiger partial charge on any atom is 0.261 e. The van der Waals surface area contributed by atoms with Gasteiger partial charge in [-0.05, 0) is 12.1 Å². The van der Waals surface area contributed by atoms with E-state index in [1.807, 2.05) is 44.4 Å². The van der Waals surface area contributed by atoms with E-state index in [0.29, 0.717) is 17.7 Å². The molecule has 0 unspecified atom stereocenters. The minimum absolute atomic E-state index is 0.0863. The molecule has 1 aliphatic heterocycles. The topological polar surface area (TPSA) is 70.9 Å². The Bertz CT molecular complexity index is 814. The number of carbonyl (C=O) groups is 3. The molecule has 0 fully saturated rings. The van der Waals surface area contributed by atoms with Crippen molar-refractivity contribution in [1.29, 1.82) is 0 Å². The average Bonchev–Trinajstić information content (AvgIpc) is 2.91. The summed E-state index contributed by atoms with van der Waals surface area (Å²) in [5, 5.41) is 2.93. The Labute approximate surface area is 158 Å². The second-order valence-corrected chi connectivity index (χ2v) is 6.90. The Hall–Kier alpha value is -2.99. The highest BCUT2D eigenvalue weighted by molar-refractivity contribution is 6.21. The molecule has 2 aromatic carbocycles. The maximum atomic E-state index is 12.3. The Balaban J connectivity index is 1.54. The summed E-state index contributed by atoms with van der Waals surface area (Å²) in [6.07, 6.45) is 0.0930. The van der Waals surface area contributed by atoms with Crippen LogP contribution in [0.25, 0.3) is 0 Å². The smallest absolute Gasteiger partial charge is 0.261 e. The van der Waals surface area contributed by atoms with Gasteiger partial charge in [0.15, 0.2) is 0 Å². The number of quaternary nitrogens is 1. The van der Waals surface area contributed by atoms with E-state index in [4.69, 9.17) is 0 Å². The molecular weight excluding hydrogens is 342 g/mol. The van der Waals surface area contributed by atoms with E-state index < -0.39 is 0 Å². The molecular formula is C21H24N3O3+. The van der Waals surface area contributed by atoms with Gasteiger partial charge in [0.25, 0.3) is 11.8 Å². The summed E-state index contributed by atoms with van der Waals surface area (Å²) in [6.45, 7) is 0.580. The number of imide groups is 1. The molecule has 27 heavy (non-hydrogen) atoms. The van der Waals surface area contributed by atoms with Gasteiger partial charge >= 0.3 is 0 Å². The van der Waals surface area contributed by atoms with Gasteiger partial charge in [-0.2, -0.15) is 0 Å². The average molecular weight is 366 g/mol. The molecule has 3 rings (SSSR count). The number of hydrogen-bond donors (Lipinski definition) is 2. The fourth-order valence-electron chi connectivity index (χ4n) is 3.30. The highest BCUT2D eigenvalue weighted by Crippen LogP contribution is 2.22. The van der Waals surface area contributed by atoms with Gasteiger partial charge in [-0.25, -0.2) is 0 Å². The van der Waals surface area contributed by atoms with Gasteiger partial charge in [-0.15, -0.1) is 0 Å². The molecule has 0 aromatic heterocycles. The number of rotatable bonds is 7. The van der Waals surface area contributed by atoms with Crippen molar-refractivity contribution in [1.82, 2.24) is 10.2 Å². The van der Waals surface area contributed by atoms with Crippen molar-refractivity contribution in [2.75, 3.05) is 27.2 Å². The van der Waals surface area contributed by atoms with Gasteiger partial charge in [0.05, 0.1) is 31.8 Å². The lowest BCUT2D eigenvalue weighted by molar-refractivity contribution is -0.890. The number of amides is 3. The van der Waals surface area contributed by atoms with Crippen LogP contribution in [0.3, 0.4) is 0 Å². The molecule has 6 nitrogen and oxygen atoms in total. The molecule has 1 aliphatic rings. The molecule has 0 bridgehead atoms. The predicted octanol–water partition coefficient (Wildman–Crippen LogP) is 0.675. The van der Waals surface area contributed by atoms with Crippen molar-refractivity contribution < 1.29 is 19.3 Å². The summed E-state index contributed by atoms with van der Waals surface area (Å²) in [7, 11) is 4.09. The maximum absolute atomic E-state index is 12.3. The number of hydrogen-bond acceptors (Lipinski definition) is 3. The molecule has 2 aromatic rings. The van der Waals surface area contributed by atoms with Crippen LogP contribution in [-0.4, -0.2) is 49.8 Å². The van der Waals surface area contributed by atoms with E-state index in [1.165, 1.54) is 4.90 Å². The van der Waals surface area contributed by atoms with Crippen molar-refractivity contribution in [3.05, 3.63) is 71.3 Å². The first-order valence-electron chi connectivity index (χ1n) is 9.06. The quantitative estimate of drug-likeness (QED) is 0.708. The monoisotopic (exact) mass is 366 g/mol. The lowest BCUT2D eigenvalue weighted by atomic mass is 10.1. The first kappa shape index (κ1) is 18.8. The second-order valence-electron chi connectivity index (χ2n) is 6.90. The molecule has 0 radical (unpaired) electrons. The number of nitrogens with one attached hydrogen (secondary N) is 2. The van der Waals surface area contributed by atoms with E-state index >= 15 is 0 Å². The first-order valence-corrected chi connectivity index (χ1v) is 9.06. The van der Waals surface area contributed by atoms with Crippen molar-refractivity contribution in [2.24, 2.45) is 0 Å². The van der Waals surface area contributed by atoms with Crippen LogP contribution in [0.15, 0.2) is 54.6 Å². The minimum Gasteiger partial charge on any atom is -0.350 e. The zero-order valence-corrected chi connectivity index (χ0v) is 15.6. The van der Waals surface area contributed by atoms with Crippen LogP contribution in [0.4, 0.5) is 0 Å². The van der Waals surface area contributed by atoms with Crippen LogP contribution >= 0.6 is 0 Å². The summed E-state index contributed by atoms with van der Waals surface area (Å²) in [5.74, 6) is -0.833. The third-order valence-electron chi connectivity index (χ3n) is 4.84. The van der Waals surface area contributed by atoms with Crippen molar-refractivity contribution >= 4 is 17.7 Å². The highest BCUT2D eigenvalue weighted by Gasteiger charge is 2.35. The molecule has 1 atom stereocenters. The number of likely N-dealkylation sites (N-methyl/N-ethyl adjacent to an activating group) is 1. The van der Waals surface area contributed by atoms with Gasteiger partial charge in [0.1, 0.15) is 6.04 Å². The summed E-state index contributed by atoms with van der Waals surface area (Å²) in [5.41, 5.74) is 1.96. The van der Waals surface area contributed by atoms with Gasteiger partial charge in [0.2, 0.25) is 5.91 Å². The first-order chi connectivity index (χ1) is 13.0. The summed E-state index contributed by atoms with van der Waals surface area (Å²) in [4.78, 5) is 39.3. The molecule has 0 saturated carbocycles. The van der Waals surface area contributed by atoms with Crippen LogP contribution in [-0.2, 0) is 4.79 Å². The molecule has 0 aliphatic carbocycles. The highest BCUT2D eigenvalue weighted by atomic mass is 16.2. The second kappa shape index (κ2) is 8.14. The van der Waals surface area contributed by atoms with Crippen LogP contribution in [0.2, 0.25) is 0 Å². The zero-order valence-electron chi connectivity index (χ0n) is 15.6. The third kappa shape index (κ3) is 4.06. The van der Waals surface area contributed by atoms with Gasteiger partial charge < -0.3 is 10.2 Å². The van der Waals surface area contributed by atoms with Gasteiger partial charge in [-0.3, -0.25) is 19.3 Å². The van der Waals surface area contributed by atoms with Crippen molar-refractivity contribution in [3.8, 4) is 0 Å². The van der Waals surface area contributed by atoms with Crippen LogP contribution in [0.5, 0.6) is 0 Å². The normalized spacial score (nSPS) is 14.4. The van der Waals surface area contributed by atoms with Crippen molar-refractivity contribution in [2.45, 2.75) is 12.5 Å². The Morgan fingerprint density at radius 3 is 2.07 bits per heavy atom. The van der Waals surface area contributed by atoms with Crippen LogP contribution in [0, 0.1) is 0 Å². The Morgan fingerprint density at radius 1 is 0.963 bits per heavy atom. The molecule has 0 saturated heterocycles. The lowest BCUT2D eigenvalue weighted by Gasteiger charge is -2.22. The van der Waals surface area contributed by atoms with E-state index in [2.05, 4.69) is 5.32 Å². The fraction of sp³-hybridized carbons (Fsp3) is 0.286. The largest absolute Gasteiger partial charge is 0.350 e. The van der Waals surface area contributed by atoms with Gasteiger partial charge in [-0.1, -0.05) is 42.5 Å². The number of benzene rings is 2. The Morgan fingerprint density at radius 2 is 1.52 bits per heavy atom. The van der Waals surface area contributed by atoms with Crippen LogP contribution < -0.4 is 10.2 Å².